The molecule has 0 atom stereocenters. The van der Waals surface area contributed by atoms with Crippen LogP contribution in [0.25, 0.3) is 10.8 Å². The van der Waals surface area contributed by atoms with E-state index in [9.17, 15) is 4.79 Å². The van der Waals surface area contributed by atoms with E-state index in [-0.39, 0.29) is 17.7 Å². The Morgan fingerprint density at radius 3 is 2.85 bits per heavy atom. The van der Waals surface area contributed by atoms with E-state index in [0.29, 0.717) is 11.8 Å². The lowest BCUT2D eigenvalue weighted by Crippen LogP contribution is -2.28. The van der Waals surface area contributed by atoms with E-state index in [1.807, 2.05) is 25.3 Å². The molecule has 2 aromatic heterocycles. The first kappa shape index (κ1) is 13.3. The number of nitrogens with zero attached hydrogens (tertiary/aromatic N) is 2. The molecule has 0 spiro atoms. The largest absolute Gasteiger partial charge is 0.420 e. The molecule has 20 heavy (non-hydrogen) atoms. The first-order valence-electron chi connectivity index (χ1n) is 6.87. The van der Waals surface area contributed by atoms with Crippen LogP contribution in [0.4, 0.5) is 5.69 Å². The van der Waals surface area contributed by atoms with Crippen molar-refractivity contribution < 1.29 is 9.21 Å². The molecule has 0 aliphatic heterocycles. The average Bonchev–Trinajstić information content (AvgIpc) is 2.93. The normalized spacial score (nSPS) is 15.3. The highest BCUT2D eigenvalue weighted by atomic mass is 32.1. The second-order valence-electron chi connectivity index (χ2n) is 5.38. The van der Waals surface area contributed by atoms with Gasteiger partial charge in [-0.1, -0.05) is 20.3 Å². The molecule has 0 radical (unpaired) electrons. The summed E-state index contributed by atoms with van der Waals surface area (Å²) in [5.74, 6) is 1.55. The molecule has 1 aliphatic rings. The molecular formula is C14H17N3O2S. The second-order valence-corrected chi connectivity index (χ2v) is 6.30. The Hall–Kier alpha value is -1.69. The monoisotopic (exact) mass is 291 g/mol. The number of hydrogen-bond donors (Lipinski definition) is 1. The number of thiophene rings is 1. The molecule has 1 amide bonds. The highest BCUT2D eigenvalue weighted by molar-refractivity contribution is 7.14. The zero-order valence-corrected chi connectivity index (χ0v) is 12.4. The van der Waals surface area contributed by atoms with Crippen molar-refractivity contribution in [2.75, 3.05) is 5.32 Å². The highest BCUT2D eigenvalue weighted by Crippen LogP contribution is 2.35. The minimum atomic E-state index is 0.0968. The van der Waals surface area contributed by atoms with Gasteiger partial charge in [0.05, 0.1) is 5.69 Å². The Bertz CT molecular complexity index is 613. The molecule has 1 aliphatic carbocycles. The van der Waals surface area contributed by atoms with Gasteiger partial charge in [-0.2, -0.15) is 0 Å². The van der Waals surface area contributed by atoms with Gasteiger partial charge in [0.1, 0.15) is 4.88 Å². The van der Waals surface area contributed by atoms with Gasteiger partial charge in [0.15, 0.2) is 0 Å². The van der Waals surface area contributed by atoms with Gasteiger partial charge >= 0.3 is 0 Å². The van der Waals surface area contributed by atoms with E-state index in [1.165, 1.54) is 11.3 Å². The van der Waals surface area contributed by atoms with E-state index in [4.69, 9.17) is 4.42 Å². The lowest BCUT2D eigenvalue weighted by Gasteiger charge is -2.23. The summed E-state index contributed by atoms with van der Waals surface area (Å²) < 4.78 is 5.65. The fraction of sp³-hybridized carbons (Fsp3) is 0.500. The van der Waals surface area contributed by atoms with Crippen LogP contribution in [0.5, 0.6) is 0 Å². The number of carbonyl (C=O) groups excluding carboxylic acids is 1. The van der Waals surface area contributed by atoms with Crippen molar-refractivity contribution in [2.45, 2.75) is 39.0 Å². The highest BCUT2D eigenvalue weighted by Gasteiger charge is 2.26. The van der Waals surface area contributed by atoms with Gasteiger partial charge < -0.3 is 9.73 Å². The second kappa shape index (κ2) is 5.36. The van der Waals surface area contributed by atoms with Crippen molar-refractivity contribution in [2.24, 2.45) is 5.92 Å². The van der Waals surface area contributed by atoms with Crippen molar-refractivity contribution in [3.63, 3.8) is 0 Å². The fourth-order valence-corrected chi connectivity index (χ4v) is 2.81. The van der Waals surface area contributed by atoms with Crippen LogP contribution in [-0.4, -0.2) is 16.1 Å². The fourth-order valence-electron chi connectivity index (χ4n) is 2.04. The summed E-state index contributed by atoms with van der Waals surface area (Å²) in [4.78, 5) is 12.8. The molecule has 1 N–H and O–H groups in total. The summed E-state index contributed by atoms with van der Waals surface area (Å²) in [7, 11) is 0. The molecule has 0 saturated heterocycles. The van der Waals surface area contributed by atoms with E-state index < -0.39 is 0 Å². The molecule has 1 fully saturated rings. The first-order chi connectivity index (χ1) is 9.65. The van der Waals surface area contributed by atoms with Gasteiger partial charge in [-0.3, -0.25) is 4.79 Å². The maximum Gasteiger partial charge on any atom is 0.259 e. The number of nitrogens with one attached hydrogen (secondary N) is 1. The van der Waals surface area contributed by atoms with E-state index in [1.54, 1.807) is 0 Å². The molecule has 3 rings (SSSR count). The van der Waals surface area contributed by atoms with Gasteiger partial charge in [-0.25, -0.2) is 0 Å². The van der Waals surface area contributed by atoms with Gasteiger partial charge in [0.2, 0.25) is 11.8 Å². The predicted molar refractivity (Wildman–Crippen MR) is 77.7 cm³/mol. The van der Waals surface area contributed by atoms with Crippen LogP contribution in [0.2, 0.25) is 0 Å². The molecule has 2 heterocycles. The molecule has 2 aromatic rings. The predicted octanol–water partition coefficient (Wildman–Crippen LogP) is 3.66. The van der Waals surface area contributed by atoms with Crippen LogP contribution in [0.3, 0.4) is 0 Å². The van der Waals surface area contributed by atoms with Gasteiger partial charge in [0, 0.05) is 11.8 Å². The molecule has 0 bridgehead atoms. The molecule has 0 aromatic carbocycles. The van der Waals surface area contributed by atoms with Crippen molar-refractivity contribution in [1.82, 2.24) is 10.2 Å². The van der Waals surface area contributed by atoms with E-state index in [0.717, 1.165) is 29.8 Å². The molecule has 106 valence electrons. The molecule has 5 nitrogen and oxygen atoms in total. The summed E-state index contributed by atoms with van der Waals surface area (Å²) in [5.41, 5.74) is 0.769. The number of hydrogen-bond acceptors (Lipinski definition) is 5. The van der Waals surface area contributed by atoms with E-state index in [2.05, 4.69) is 15.5 Å². The minimum absolute atomic E-state index is 0.0968. The smallest absolute Gasteiger partial charge is 0.259 e. The van der Waals surface area contributed by atoms with Gasteiger partial charge in [0.25, 0.3) is 5.89 Å². The SMILES string of the molecule is CC(C)c1nnc(-c2sccc2NC(=O)C2CCC2)o1. The van der Waals surface area contributed by atoms with Crippen LogP contribution >= 0.6 is 11.3 Å². The lowest BCUT2D eigenvalue weighted by molar-refractivity contribution is -0.122. The molecular weight excluding hydrogens is 274 g/mol. The van der Waals surface area contributed by atoms with Crippen LogP contribution < -0.4 is 5.32 Å². The van der Waals surface area contributed by atoms with Crippen LogP contribution in [0, 0.1) is 5.92 Å². The quantitative estimate of drug-likeness (QED) is 0.933. The lowest BCUT2D eigenvalue weighted by atomic mass is 9.85. The maximum atomic E-state index is 12.0. The third-order valence-electron chi connectivity index (χ3n) is 3.53. The Labute approximate surface area is 121 Å². The van der Waals surface area contributed by atoms with Crippen molar-refractivity contribution >= 4 is 22.9 Å². The Morgan fingerprint density at radius 2 is 2.25 bits per heavy atom. The topological polar surface area (TPSA) is 68.0 Å². The van der Waals surface area contributed by atoms with Crippen LogP contribution in [0.1, 0.15) is 44.9 Å². The van der Waals surface area contributed by atoms with Crippen molar-refractivity contribution in [3.8, 4) is 10.8 Å². The summed E-state index contributed by atoms with van der Waals surface area (Å²) >= 11 is 1.50. The number of amides is 1. The third kappa shape index (κ3) is 2.47. The zero-order chi connectivity index (χ0) is 14.1. The molecule has 0 unspecified atom stereocenters. The first-order valence-corrected chi connectivity index (χ1v) is 7.75. The zero-order valence-electron chi connectivity index (χ0n) is 11.5. The maximum absolute atomic E-state index is 12.0. The van der Waals surface area contributed by atoms with Crippen molar-refractivity contribution in [3.05, 3.63) is 17.3 Å². The Kier molecular flexibility index (Phi) is 3.56. The number of anilines is 1. The molecule has 1 saturated carbocycles. The number of aromatic nitrogens is 2. The number of carbonyl (C=O) groups is 1. The van der Waals surface area contributed by atoms with Crippen molar-refractivity contribution in [1.29, 1.82) is 0 Å². The van der Waals surface area contributed by atoms with Gasteiger partial charge in [-0.05, 0) is 24.3 Å². The van der Waals surface area contributed by atoms with E-state index >= 15 is 0 Å². The minimum Gasteiger partial charge on any atom is -0.420 e. The Morgan fingerprint density at radius 1 is 1.45 bits per heavy atom. The summed E-state index contributed by atoms with van der Waals surface area (Å²) in [5, 5.41) is 13.0. The summed E-state index contributed by atoms with van der Waals surface area (Å²) in [6, 6.07) is 1.88. The van der Waals surface area contributed by atoms with Crippen LogP contribution in [-0.2, 0) is 4.79 Å². The standard InChI is InChI=1S/C14H17N3O2S/c1-8(2)13-16-17-14(19-13)11-10(6-7-20-11)15-12(18)9-4-3-5-9/h6-9H,3-5H2,1-2H3,(H,15,18). The summed E-state index contributed by atoms with van der Waals surface area (Å²) in [6.07, 6.45) is 3.13. The summed E-state index contributed by atoms with van der Waals surface area (Å²) in [6.45, 7) is 4.01. The average molecular weight is 291 g/mol. The number of rotatable bonds is 4. The van der Waals surface area contributed by atoms with Gasteiger partial charge in [-0.15, -0.1) is 21.5 Å². The van der Waals surface area contributed by atoms with Crippen LogP contribution in [0.15, 0.2) is 15.9 Å². The molecule has 6 heteroatoms. The third-order valence-corrected chi connectivity index (χ3v) is 4.43. The Balaban J connectivity index is 1.79.